The second-order valence-corrected chi connectivity index (χ2v) is 5.78. The highest BCUT2D eigenvalue weighted by molar-refractivity contribution is 6.30. The number of halogens is 1. The Hall–Kier alpha value is -1.29. The Morgan fingerprint density at radius 2 is 2.14 bits per heavy atom. The van der Waals surface area contributed by atoms with Crippen LogP contribution in [0.25, 0.3) is 0 Å². The minimum absolute atomic E-state index is 0.283. The van der Waals surface area contributed by atoms with Gasteiger partial charge in [0, 0.05) is 23.2 Å². The van der Waals surface area contributed by atoms with Crippen LogP contribution in [0.5, 0.6) is 0 Å². The first kappa shape index (κ1) is 16.1. The summed E-state index contributed by atoms with van der Waals surface area (Å²) in [5.41, 5.74) is 2.40. The van der Waals surface area contributed by atoms with Crippen molar-refractivity contribution in [3.63, 3.8) is 0 Å². The van der Waals surface area contributed by atoms with Crippen molar-refractivity contribution in [2.45, 2.75) is 33.0 Å². The van der Waals surface area contributed by atoms with E-state index in [2.05, 4.69) is 43.2 Å². The van der Waals surface area contributed by atoms with E-state index >= 15 is 0 Å². The molecule has 1 heterocycles. The first-order valence-electron chi connectivity index (χ1n) is 7.33. The van der Waals surface area contributed by atoms with Gasteiger partial charge in [0.1, 0.15) is 5.76 Å². The maximum atomic E-state index is 6.06. The summed E-state index contributed by atoms with van der Waals surface area (Å²) in [5.74, 6) is 0.985. The van der Waals surface area contributed by atoms with E-state index in [-0.39, 0.29) is 6.04 Å². The van der Waals surface area contributed by atoms with Gasteiger partial charge in [0.2, 0.25) is 0 Å². The summed E-state index contributed by atoms with van der Waals surface area (Å²) in [5, 5.41) is 4.07. The van der Waals surface area contributed by atoms with Gasteiger partial charge in [-0.05, 0) is 44.3 Å². The van der Waals surface area contributed by atoms with Gasteiger partial charge in [-0.2, -0.15) is 0 Å². The molecule has 0 fully saturated rings. The average molecular weight is 307 g/mol. The van der Waals surface area contributed by atoms with Crippen molar-refractivity contribution in [3.8, 4) is 0 Å². The van der Waals surface area contributed by atoms with E-state index in [1.54, 1.807) is 0 Å². The average Bonchev–Trinajstić information content (AvgIpc) is 2.91. The second kappa shape index (κ2) is 7.64. The van der Waals surface area contributed by atoms with Gasteiger partial charge in [-0.25, -0.2) is 0 Å². The lowest BCUT2D eigenvalue weighted by atomic mass is 10.1. The van der Waals surface area contributed by atoms with E-state index in [1.807, 2.05) is 24.5 Å². The third-order valence-corrected chi connectivity index (χ3v) is 3.92. The van der Waals surface area contributed by atoms with Gasteiger partial charge >= 0.3 is 0 Å². The molecule has 21 heavy (non-hydrogen) atoms. The normalized spacial score (nSPS) is 12.8. The highest BCUT2D eigenvalue weighted by atomic mass is 35.5. The molecule has 0 spiro atoms. The Morgan fingerprint density at radius 1 is 1.33 bits per heavy atom. The molecule has 0 aliphatic carbocycles. The predicted octanol–water partition coefficient (Wildman–Crippen LogP) is 4.24. The molecule has 0 saturated carbocycles. The maximum absolute atomic E-state index is 6.06. The van der Waals surface area contributed by atoms with Crippen molar-refractivity contribution >= 4 is 11.6 Å². The van der Waals surface area contributed by atoms with E-state index in [0.29, 0.717) is 0 Å². The van der Waals surface area contributed by atoms with Gasteiger partial charge in [-0.3, -0.25) is 4.90 Å². The van der Waals surface area contributed by atoms with Gasteiger partial charge in [-0.15, -0.1) is 0 Å². The van der Waals surface area contributed by atoms with Crippen LogP contribution in [0.2, 0.25) is 5.02 Å². The number of furan rings is 1. The lowest BCUT2D eigenvalue weighted by molar-refractivity contribution is 0.232. The van der Waals surface area contributed by atoms with Crippen LogP contribution < -0.4 is 5.32 Å². The lowest BCUT2D eigenvalue weighted by Gasteiger charge is -2.24. The zero-order valence-corrected chi connectivity index (χ0v) is 13.7. The van der Waals surface area contributed by atoms with Crippen molar-refractivity contribution in [1.29, 1.82) is 0 Å². The minimum atomic E-state index is 0.283. The van der Waals surface area contributed by atoms with E-state index in [0.717, 1.165) is 30.4 Å². The summed E-state index contributed by atoms with van der Waals surface area (Å²) < 4.78 is 5.63. The Morgan fingerprint density at radius 3 is 2.86 bits per heavy atom. The van der Waals surface area contributed by atoms with Gasteiger partial charge in [0.15, 0.2) is 0 Å². The molecule has 2 rings (SSSR count). The van der Waals surface area contributed by atoms with Crippen molar-refractivity contribution < 1.29 is 4.42 Å². The zero-order valence-electron chi connectivity index (χ0n) is 12.9. The van der Waals surface area contributed by atoms with E-state index in [4.69, 9.17) is 16.0 Å². The molecular formula is C17H23ClN2O. The molecule has 0 radical (unpaired) electrons. The third-order valence-electron chi connectivity index (χ3n) is 3.68. The Balaban J connectivity index is 1.97. The van der Waals surface area contributed by atoms with E-state index < -0.39 is 0 Å². The monoisotopic (exact) mass is 306 g/mol. The Kier molecular flexibility index (Phi) is 5.85. The smallest absolute Gasteiger partial charge is 0.118 e. The molecule has 1 N–H and O–H groups in total. The van der Waals surface area contributed by atoms with E-state index in [9.17, 15) is 0 Å². The van der Waals surface area contributed by atoms with Crippen molar-refractivity contribution in [3.05, 3.63) is 58.5 Å². The molecule has 3 nitrogen and oxygen atoms in total. The Labute approximate surface area is 131 Å². The molecule has 0 aliphatic rings. The fourth-order valence-corrected chi connectivity index (χ4v) is 2.47. The molecule has 1 atom stereocenters. The predicted molar refractivity (Wildman–Crippen MR) is 87.4 cm³/mol. The highest BCUT2D eigenvalue weighted by Crippen LogP contribution is 2.23. The van der Waals surface area contributed by atoms with Crippen LogP contribution in [0, 0.1) is 0 Å². The zero-order chi connectivity index (χ0) is 15.2. The number of hydrogen-bond acceptors (Lipinski definition) is 3. The van der Waals surface area contributed by atoms with Crippen LogP contribution in [0.1, 0.15) is 36.8 Å². The first-order valence-corrected chi connectivity index (χ1v) is 7.70. The summed E-state index contributed by atoms with van der Waals surface area (Å²) >= 11 is 6.06. The molecule has 0 bridgehead atoms. The van der Waals surface area contributed by atoms with Gasteiger partial charge < -0.3 is 9.73 Å². The summed E-state index contributed by atoms with van der Waals surface area (Å²) in [6.07, 6.45) is 1.83. The van der Waals surface area contributed by atoms with Gasteiger partial charge in [0.05, 0.1) is 12.8 Å². The van der Waals surface area contributed by atoms with Gasteiger partial charge in [-0.1, -0.05) is 30.7 Å². The van der Waals surface area contributed by atoms with Crippen LogP contribution in [0.3, 0.4) is 0 Å². The molecule has 1 unspecified atom stereocenters. The number of hydrogen-bond donors (Lipinski definition) is 1. The second-order valence-electron chi connectivity index (χ2n) is 5.35. The fraction of sp³-hybridized carbons (Fsp3) is 0.412. The molecule has 1 aromatic carbocycles. The van der Waals surface area contributed by atoms with E-state index in [1.165, 1.54) is 11.1 Å². The topological polar surface area (TPSA) is 28.4 Å². The van der Waals surface area contributed by atoms with Crippen molar-refractivity contribution in [2.75, 3.05) is 13.6 Å². The third kappa shape index (κ3) is 4.60. The number of nitrogens with zero attached hydrogens (tertiary/aromatic N) is 1. The summed E-state index contributed by atoms with van der Waals surface area (Å²) in [6.45, 7) is 6.87. The number of rotatable bonds is 7. The number of benzene rings is 1. The van der Waals surface area contributed by atoms with Crippen LogP contribution in [0.15, 0.2) is 41.0 Å². The molecular weight excluding hydrogens is 284 g/mol. The largest absolute Gasteiger partial charge is 0.468 e. The lowest BCUT2D eigenvalue weighted by Crippen LogP contribution is -2.21. The molecule has 1 aromatic heterocycles. The molecule has 0 aliphatic heterocycles. The number of nitrogens with one attached hydrogen (secondary N) is 1. The molecule has 4 heteroatoms. The summed E-state index contributed by atoms with van der Waals surface area (Å²) in [6, 6.07) is 10.4. The molecule has 114 valence electrons. The maximum Gasteiger partial charge on any atom is 0.118 e. The minimum Gasteiger partial charge on any atom is -0.468 e. The van der Waals surface area contributed by atoms with Gasteiger partial charge in [0.25, 0.3) is 0 Å². The highest BCUT2D eigenvalue weighted by Gasteiger charge is 2.14. The first-order chi connectivity index (χ1) is 10.1. The van der Waals surface area contributed by atoms with Crippen LogP contribution in [-0.2, 0) is 13.1 Å². The quantitative estimate of drug-likeness (QED) is 0.829. The van der Waals surface area contributed by atoms with Crippen LogP contribution in [0.4, 0.5) is 0 Å². The summed E-state index contributed by atoms with van der Waals surface area (Å²) in [7, 11) is 2.10. The molecule has 0 saturated heterocycles. The molecule has 0 amide bonds. The Bertz CT molecular complexity index is 567. The standard InChI is InChI=1S/C17H23ClN2O/c1-4-19-10-14-8-17(21-12-14)11-20(3)13(2)15-6-5-7-16(18)9-15/h5-9,12-13,19H,4,10-11H2,1-3H3. The molecule has 2 aromatic rings. The van der Waals surface area contributed by atoms with Crippen molar-refractivity contribution in [1.82, 2.24) is 10.2 Å². The van der Waals surface area contributed by atoms with Crippen molar-refractivity contribution in [2.24, 2.45) is 0 Å². The summed E-state index contributed by atoms with van der Waals surface area (Å²) in [4.78, 5) is 2.25. The van der Waals surface area contributed by atoms with Crippen LogP contribution in [-0.4, -0.2) is 18.5 Å². The van der Waals surface area contributed by atoms with Crippen LogP contribution >= 0.6 is 11.6 Å². The fourth-order valence-electron chi connectivity index (χ4n) is 2.27. The SMILES string of the molecule is CCNCc1coc(CN(C)C(C)c2cccc(Cl)c2)c1.